The fourth-order valence-electron chi connectivity index (χ4n) is 3.95. The predicted molar refractivity (Wildman–Crippen MR) is 123 cm³/mol. The molecule has 0 unspecified atom stereocenters. The van der Waals surface area contributed by atoms with Crippen LogP contribution in [0, 0.1) is 10.1 Å². The van der Waals surface area contributed by atoms with Crippen LogP contribution in [-0.2, 0) is 21.3 Å². The number of amides is 2. The van der Waals surface area contributed by atoms with Gasteiger partial charge in [-0.15, -0.1) is 0 Å². The average Bonchev–Trinajstić information content (AvgIpc) is 2.88. The van der Waals surface area contributed by atoms with E-state index in [0.717, 1.165) is 30.5 Å². The molecule has 2 fully saturated rings. The number of nitrogens with zero attached hydrogens (tertiary/aromatic N) is 5. The maximum absolute atomic E-state index is 12.9. The molecule has 0 bridgehead atoms. The Morgan fingerprint density at radius 3 is 2.53 bits per heavy atom. The van der Waals surface area contributed by atoms with Gasteiger partial charge < -0.3 is 19.9 Å². The summed E-state index contributed by atoms with van der Waals surface area (Å²) in [5.74, 6) is 0.818. The standard InChI is InChI=1S/C21H26N6O6S/c28-21(23-16-17-3-2-6-22-20(17)24-11-13-33-14-12-24)25-7-9-26(10-8-25)34(31,32)19-5-1-4-18(15-19)27(29)30/h1-6,15H,7-14,16H2,(H,23,28). The third-order valence-corrected chi connectivity index (χ3v) is 7.69. The minimum atomic E-state index is -3.89. The molecule has 13 heteroatoms. The highest BCUT2D eigenvalue weighted by molar-refractivity contribution is 7.89. The number of piperazine rings is 1. The number of aromatic nitrogens is 1. The number of nitro benzene ring substituents is 1. The fraction of sp³-hybridized carbons (Fsp3) is 0.429. The van der Waals surface area contributed by atoms with Crippen LogP contribution in [0.5, 0.6) is 0 Å². The van der Waals surface area contributed by atoms with E-state index in [1.54, 1.807) is 11.1 Å². The first kappa shape index (κ1) is 23.9. The number of non-ortho nitro benzene ring substituents is 1. The largest absolute Gasteiger partial charge is 0.378 e. The highest BCUT2D eigenvalue weighted by Crippen LogP contribution is 2.22. The van der Waals surface area contributed by atoms with Gasteiger partial charge in [0, 0.05) is 69.7 Å². The van der Waals surface area contributed by atoms with Gasteiger partial charge in [-0.3, -0.25) is 10.1 Å². The van der Waals surface area contributed by atoms with E-state index in [2.05, 4.69) is 15.2 Å². The van der Waals surface area contributed by atoms with Gasteiger partial charge in [-0.25, -0.2) is 18.2 Å². The fourth-order valence-corrected chi connectivity index (χ4v) is 5.41. The first-order valence-corrected chi connectivity index (χ1v) is 12.3. The van der Waals surface area contributed by atoms with Crippen molar-refractivity contribution in [3.05, 3.63) is 58.3 Å². The number of urea groups is 1. The summed E-state index contributed by atoms with van der Waals surface area (Å²) in [6.07, 6.45) is 1.72. The molecule has 1 aromatic carbocycles. The van der Waals surface area contributed by atoms with Crippen molar-refractivity contribution in [2.75, 3.05) is 57.4 Å². The molecule has 182 valence electrons. The summed E-state index contributed by atoms with van der Waals surface area (Å²) < 4.78 is 32.4. The quantitative estimate of drug-likeness (QED) is 0.468. The van der Waals surface area contributed by atoms with Crippen LogP contribution in [0.3, 0.4) is 0 Å². The van der Waals surface area contributed by atoms with Crippen molar-refractivity contribution in [2.24, 2.45) is 0 Å². The van der Waals surface area contributed by atoms with Gasteiger partial charge in [-0.1, -0.05) is 12.1 Å². The topological polar surface area (TPSA) is 138 Å². The number of carbonyl (C=O) groups is 1. The van der Waals surface area contributed by atoms with Gasteiger partial charge in [0.15, 0.2) is 0 Å². The van der Waals surface area contributed by atoms with Crippen molar-refractivity contribution in [3.63, 3.8) is 0 Å². The van der Waals surface area contributed by atoms with E-state index in [4.69, 9.17) is 4.74 Å². The molecular formula is C21H26N6O6S. The van der Waals surface area contributed by atoms with E-state index in [0.29, 0.717) is 19.8 Å². The number of carbonyl (C=O) groups excluding carboxylic acids is 1. The van der Waals surface area contributed by atoms with E-state index in [1.165, 1.54) is 22.5 Å². The summed E-state index contributed by atoms with van der Waals surface area (Å²) in [7, 11) is -3.89. The zero-order valence-corrected chi connectivity index (χ0v) is 19.3. The highest BCUT2D eigenvalue weighted by atomic mass is 32.2. The summed E-state index contributed by atoms with van der Waals surface area (Å²) in [6.45, 7) is 3.66. The lowest BCUT2D eigenvalue weighted by molar-refractivity contribution is -0.385. The molecule has 3 heterocycles. The van der Waals surface area contributed by atoms with Crippen LogP contribution in [-0.4, -0.2) is 86.0 Å². The molecule has 2 amide bonds. The van der Waals surface area contributed by atoms with Crippen LogP contribution in [0.1, 0.15) is 5.56 Å². The van der Waals surface area contributed by atoms with Crippen LogP contribution in [0.4, 0.5) is 16.3 Å². The molecule has 2 aromatic rings. The number of ether oxygens (including phenoxy) is 1. The average molecular weight is 491 g/mol. The number of rotatable bonds is 6. The van der Waals surface area contributed by atoms with Crippen molar-refractivity contribution in [1.82, 2.24) is 19.5 Å². The summed E-state index contributed by atoms with van der Waals surface area (Å²) in [6, 6.07) is 8.43. The van der Waals surface area contributed by atoms with Gasteiger partial charge in [0.05, 0.1) is 23.0 Å². The second-order valence-electron chi connectivity index (χ2n) is 7.89. The molecule has 0 radical (unpaired) electrons. The molecule has 2 aliphatic rings. The maximum atomic E-state index is 12.9. The normalized spacial score (nSPS) is 17.4. The molecule has 0 saturated carbocycles. The van der Waals surface area contributed by atoms with Crippen molar-refractivity contribution in [3.8, 4) is 0 Å². The molecule has 12 nitrogen and oxygen atoms in total. The van der Waals surface area contributed by atoms with E-state index < -0.39 is 14.9 Å². The van der Waals surface area contributed by atoms with Gasteiger partial charge in [-0.05, 0) is 12.1 Å². The molecule has 4 rings (SSSR count). The van der Waals surface area contributed by atoms with E-state index in [-0.39, 0.29) is 42.8 Å². The lowest BCUT2D eigenvalue weighted by Gasteiger charge is -2.34. The molecule has 0 spiro atoms. The molecule has 2 aliphatic heterocycles. The number of nitrogens with one attached hydrogen (secondary N) is 1. The lowest BCUT2D eigenvalue weighted by Crippen LogP contribution is -2.53. The second-order valence-corrected chi connectivity index (χ2v) is 9.83. The van der Waals surface area contributed by atoms with Crippen LogP contribution < -0.4 is 10.2 Å². The third kappa shape index (κ3) is 5.26. The van der Waals surface area contributed by atoms with Crippen molar-refractivity contribution < 1.29 is 22.9 Å². The number of morpholine rings is 1. The smallest absolute Gasteiger partial charge is 0.317 e. The van der Waals surface area contributed by atoms with Crippen molar-refractivity contribution >= 4 is 27.6 Å². The van der Waals surface area contributed by atoms with E-state index >= 15 is 0 Å². The Bertz CT molecular complexity index is 1150. The van der Waals surface area contributed by atoms with Crippen LogP contribution in [0.2, 0.25) is 0 Å². The van der Waals surface area contributed by atoms with E-state index in [1.807, 2.05) is 12.1 Å². The molecule has 0 atom stereocenters. The Kier molecular flexibility index (Phi) is 7.24. The first-order chi connectivity index (χ1) is 16.4. The number of benzene rings is 1. The SMILES string of the molecule is O=C(NCc1cccnc1N1CCOCC1)N1CCN(S(=O)(=O)c2cccc([N+](=O)[O-])c2)CC1. The Morgan fingerprint density at radius 2 is 1.82 bits per heavy atom. The number of pyridine rings is 1. The van der Waals surface area contributed by atoms with Gasteiger partial charge >= 0.3 is 6.03 Å². The Morgan fingerprint density at radius 1 is 1.09 bits per heavy atom. The number of sulfonamides is 1. The van der Waals surface area contributed by atoms with E-state index in [9.17, 15) is 23.3 Å². The molecule has 2 saturated heterocycles. The molecular weight excluding hydrogens is 464 g/mol. The van der Waals surface area contributed by atoms with Gasteiger partial charge in [0.2, 0.25) is 10.0 Å². The van der Waals surface area contributed by atoms with Gasteiger partial charge in [0.25, 0.3) is 5.69 Å². The Balaban J connectivity index is 1.34. The molecule has 1 aromatic heterocycles. The zero-order valence-electron chi connectivity index (χ0n) is 18.5. The minimum Gasteiger partial charge on any atom is -0.378 e. The number of hydrogen-bond acceptors (Lipinski definition) is 8. The highest BCUT2D eigenvalue weighted by Gasteiger charge is 2.31. The third-order valence-electron chi connectivity index (χ3n) is 5.80. The Labute approximate surface area is 197 Å². The molecule has 1 N–H and O–H groups in total. The second kappa shape index (κ2) is 10.3. The van der Waals surface area contributed by atoms with Crippen LogP contribution in [0.25, 0.3) is 0 Å². The summed E-state index contributed by atoms with van der Waals surface area (Å²) in [5.41, 5.74) is 0.607. The molecule has 34 heavy (non-hydrogen) atoms. The number of hydrogen-bond donors (Lipinski definition) is 1. The lowest BCUT2D eigenvalue weighted by atomic mass is 10.2. The minimum absolute atomic E-state index is 0.102. The summed E-state index contributed by atoms with van der Waals surface area (Å²) >= 11 is 0. The van der Waals surface area contributed by atoms with Gasteiger partial charge in [-0.2, -0.15) is 4.31 Å². The maximum Gasteiger partial charge on any atom is 0.317 e. The number of anilines is 1. The van der Waals surface area contributed by atoms with Crippen LogP contribution >= 0.6 is 0 Å². The summed E-state index contributed by atoms with van der Waals surface area (Å²) in [5, 5.41) is 13.9. The monoisotopic (exact) mass is 490 g/mol. The van der Waals surface area contributed by atoms with Crippen molar-refractivity contribution in [2.45, 2.75) is 11.4 Å². The number of nitro groups is 1. The van der Waals surface area contributed by atoms with Crippen molar-refractivity contribution in [1.29, 1.82) is 0 Å². The first-order valence-electron chi connectivity index (χ1n) is 10.9. The van der Waals surface area contributed by atoms with Crippen LogP contribution in [0.15, 0.2) is 47.5 Å². The van der Waals surface area contributed by atoms with Gasteiger partial charge in [0.1, 0.15) is 5.82 Å². The predicted octanol–water partition coefficient (Wildman–Crippen LogP) is 1.04. The zero-order chi connectivity index (χ0) is 24.1. The Hall–Kier alpha value is -3.29. The molecule has 0 aliphatic carbocycles. The summed E-state index contributed by atoms with van der Waals surface area (Å²) in [4.78, 5) is 31.1.